The van der Waals surface area contributed by atoms with Crippen LogP contribution in [0.5, 0.6) is 0 Å². The third-order valence-electron chi connectivity index (χ3n) is 3.77. The van der Waals surface area contributed by atoms with Gasteiger partial charge in [0.25, 0.3) is 6.43 Å². The molecule has 0 rings (SSSR count). The Hall–Kier alpha value is -1.85. The van der Waals surface area contributed by atoms with Gasteiger partial charge in [0.15, 0.2) is 5.54 Å². The molecule has 11 heteroatoms. The molecular formula is C15H27F2N3O6. The number of carbonyl (C=O) groups excluding carboxylic acids is 2. The zero-order chi connectivity index (χ0) is 20.5. The molecule has 0 aromatic rings. The number of esters is 1. The first-order valence-corrected chi connectivity index (χ1v) is 8.00. The van der Waals surface area contributed by atoms with Gasteiger partial charge in [0.05, 0.1) is 13.0 Å². The van der Waals surface area contributed by atoms with Crippen LogP contribution >= 0.6 is 0 Å². The molecule has 0 aliphatic carbocycles. The van der Waals surface area contributed by atoms with Crippen molar-refractivity contribution in [3.63, 3.8) is 0 Å². The van der Waals surface area contributed by atoms with Crippen LogP contribution in [0.15, 0.2) is 0 Å². The molecule has 2 unspecified atom stereocenters. The number of alkyl halides is 2. The molecular weight excluding hydrogens is 356 g/mol. The number of amides is 1. The Labute approximate surface area is 150 Å². The third-order valence-corrected chi connectivity index (χ3v) is 3.77. The van der Waals surface area contributed by atoms with Gasteiger partial charge in [-0.05, 0) is 19.4 Å². The van der Waals surface area contributed by atoms with Gasteiger partial charge in [0.1, 0.15) is 6.10 Å². The van der Waals surface area contributed by atoms with Crippen LogP contribution < -0.4 is 16.8 Å². The van der Waals surface area contributed by atoms with Gasteiger partial charge in [-0.15, -0.1) is 0 Å². The molecule has 0 aromatic carbocycles. The molecule has 0 aliphatic rings. The lowest BCUT2D eigenvalue weighted by atomic mass is 9.86. The number of carboxylic acids is 1. The number of carbonyl (C=O) groups is 3. The second kappa shape index (κ2) is 10.3. The third kappa shape index (κ3) is 7.18. The highest BCUT2D eigenvalue weighted by Crippen LogP contribution is 2.25. The van der Waals surface area contributed by atoms with Crippen LogP contribution in [-0.4, -0.2) is 65.8 Å². The lowest BCUT2D eigenvalue weighted by Crippen LogP contribution is -2.56. The number of aliphatic hydroxyl groups is 1. The molecule has 152 valence electrons. The monoisotopic (exact) mass is 383 g/mol. The van der Waals surface area contributed by atoms with Gasteiger partial charge >= 0.3 is 11.9 Å². The maximum atomic E-state index is 13.1. The number of nitrogens with one attached hydrogen (secondary N) is 1. The van der Waals surface area contributed by atoms with Crippen molar-refractivity contribution in [2.24, 2.45) is 16.9 Å². The average Bonchev–Trinajstić information content (AvgIpc) is 2.55. The van der Waals surface area contributed by atoms with Crippen molar-refractivity contribution in [2.75, 3.05) is 19.7 Å². The zero-order valence-electron chi connectivity index (χ0n) is 14.8. The van der Waals surface area contributed by atoms with Gasteiger partial charge in [0, 0.05) is 12.0 Å². The van der Waals surface area contributed by atoms with E-state index in [2.05, 4.69) is 5.32 Å². The summed E-state index contributed by atoms with van der Waals surface area (Å²) in [6.07, 6.45) is -5.45. The highest BCUT2D eigenvalue weighted by atomic mass is 19.3. The van der Waals surface area contributed by atoms with Crippen molar-refractivity contribution in [1.82, 2.24) is 5.32 Å². The Bertz CT molecular complexity index is 504. The van der Waals surface area contributed by atoms with Gasteiger partial charge in [0.2, 0.25) is 5.91 Å². The minimum atomic E-state index is -3.17. The van der Waals surface area contributed by atoms with Crippen LogP contribution in [-0.2, 0) is 19.1 Å². The molecule has 7 N–H and O–H groups in total. The Morgan fingerprint density at radius 1 is 1.27 bits per heavy atom. The number of ether oxygens (including phenoxy) is 1. The summed E-state index contributed by atoms with van der Waals surface area (Å²) in [6, 6.07) is 0. The number of aliphatic carboxylic acids is 1. The van der Waals surface area contributed by atoms with E-state index in [1.807, 2.05) is 0 Å². The summed E-state index contributed by atoms with van der Waals surface area (Å²) < 4.78 is 31.1. The Morgan fingerprint density at radius 3 is 2.31 bits per heavy atom. The molecule has 0 radical (unpaired) electrons. The fourth-order valence-electron chi connectivity index (χ4n) is 1.90. The smallest absolute Gasteiger partial charge is 0.332 e. The fourth-order valence-corrected chi connectivity index (χ4v) is 1.90. The molecule has 0 bridgehead atoms. The van der Waals surface area contributed by atoms with E-state index in [0.717, 1.165) is 0 Å². The molecule has 0 saturated carbocycles. The van der Waals surface area contributed by atoms with E-state index in [9.17, 15) is 28.3 Å². The second-order valence-corrected chi connectivity index (χ2v) is 6.64. The molecule has 0 fully saturated rings. The van der Waals surface area contributed by atoms with E-state index >= 15 is 0 Å². The van der Waals surface area contributed by atoms with E-state index in [1.54, 1.807) is 0 Å². The highest BCUT2D eigenvalue weighted by Gasteiger charge is 2.45. The first-order chi connectivity index (χ1) is 11.9. The quantitative estimate of drug-likeness (QED) is 0.273. The largest absolute Gasteiger partial charge is 0.481 e. The molecule has 0 aliphatic heterocycles. The van der Waals surface area contributed by atoms with Gasteiger partial charge in [-0.3, -0.25) is 9.59 Å². The van der Waals surface area contributed by atoms with E-state index in [-0.39, 0.29) is 32.4 Å². The molecule has 0 heterocycles. The molecule has 0 saturated heterocycles. The van der Waals surface area contributed by atoms with Gasteiger partial charge < -0.3 is 31.7 Å². The molecule has 0 spiro atoms. The minimum absolute atomic E-state index is 0.0691. The van der Waals surface area contributed by atoms with Crippen molar-refractivity contribution in [3.8, 4) is 0 Å². The first-order valence-electron chi connectivity index (χ1n) is 8.00. The summed E-state index contributed by atoms with van der Waals surface area (Å²) in [7, 11) is 0. The summed E-state index contributed by atoms with van der Waals surface area (Å²) in [5.74, 6) is -3.35. The van der Waals surface area contributed by atoms with Gasteiger partial charge in [-0.25, -0.2) is 13.6 Å². The Morgan fingerprint density at radius 2 is 1.85 bits per heavy atom. The van der Waals surface area contributed by atoms with Crippen LogP contribution in [0.2, 0.25) is 0 Å². The zero-order valence-corrected chi connectivity index (χ0v) is 14.8. The Balaban J connectivity index is 4.79. The number of hydrogen-bond donors (Lipinski definition) is 5. The normalized spacial score (nSPS) is 15.2. The predicted octanol–water partition coefficient (Wildman–Crippen LogP) is -0.791. The molecule has 0 aromatic heterocycles. The van der Waals surface area contributed by atoms with Crippen LogP contribution in [0.4, 0.5) is 8.78 Å². The van der Waals surface area contributed by atoms with Crippen molar-refractivity contribution < 1.29 is 38.1 Å². The SMILES string of the molecule is CC(C)(COC(=O)C(N)(CCCN)C(F)F)C(O)C(=O)NCCC(=O)O. The summed E-state index contributed by atoms with van der Waals surface area (Å²) in [4.78, 5) is 34.2. The average molecular weight is 383 g/mol. The summed E-state index contributed by atoms with van der Waals surface area (Å²) in [6.45, 7) is 2.08. The van der Waals surface area contributed by atoms with E-state index in [4.69, 9.17) is 21.3 Å². The van der Waals surface area contributed by atoms with Crippen LogP contribution in [0.3, 0.4) is 0 Å². The number of carboxylic acid groups (broad SMARTS) is 1. The van der Waals surface area contributed by atoms with E-state index in [1.165, 1.54) is 13.8 Å². The Kier molecular flexibility index (Phi) is 9.60. The lowest BCUT2D eigenvalue weighted by Gasteiger charge is -2.32. The molecule has 1 amide bonds. The van der Waals surface area contributed by atoms with Crippen LogP contribution in [0, 0.1) is 5.41 Å². The van der Waals surface area contributed by atoms with E-state index in [0.29, 0.717) is 0 Å². The summed E-state index contributed by atoms with van der Waals surface area (Å²) in [5, 5.41) is 20.7. The minimum Gasteiger partial charge on any atom is -0.481 e. The number of hydrogen-bond acceptors (Lipinski definition) is 7. The number of nitrogens with two attached hydrogens (primary N) is 2. The standard InChI is InChI=1S/C15H27F2N3O6/c1-14(2,10(23)11(24)20-7-4-9(21)22)8-26-13(25)15(19,12(16)17)5-3-6-18/h10,12,23H,3-8,18-19H2,1-2H3,(H,20,24)(H,21,22). The number of rotatable bonds is 12. The number of aliphatic hydroxyl groups excluding tert-OH is 1. The van der Waals surface area contributed by atoms with Crippen LogP contribution in [0.25, 0.3) is 0 Å². The van der Waals surface area contributed by atoms with Crippen LogP contribution in [0.1, 0.15) is 33.1 Å². The first kappa shape index (κ1) is 24.1. The fraction of sp³-hybridized carbons (Fsp3) is 0.800. The lowest BCUT2D eigenvalue weighted by molar-refractivity contribution is -0.164. The van der Waals surface area contributed by atoms with Crippen molar-refractivity contribution in [3.05, 3.63) is 0 Å². The second-order valence-electron chi connectivity index (χ2n) is 6.64. The predicted molar refractivity (Wildman–Crippen MR) is 87.2 cm³/mol. The molecule has 2 atom stereocenters. The topological polar surface area (TPSA) is 165 Å². The maximum absolute atomic E-state index is 13.1. The van der Waals surface area contributed by atoms with Gasteiger partial charge in [-0.2, -0.15) is 0 Å². The van der Waals surface area contributed by atoms with Gasteiger partial charge in [-0.1, -0.05) is 13.8 Å². The maximum Gasteiger partial charge on any atom is 0.332 e. The van der Waals surface area contributed by atoms with E-state index < -0.39 is 47.9 Å². The van der Waals surface area contributed by atoms with Crippen molar-refractivity contribution in [2.45, 2.75) is 51.2 Å². The molecule has 9 nitrogen and oxygen atoms in total. The summed E-state index contributed by atoms with van der Waals surface area (Å²) in [5.41, 5.74) is 6.85. The van der Waals surface area contributed by atoms with Crippen molar-refractivity contribution >= 4 is 17.8 Å². The van der Waals surface area contributed by atoms with Crippen molar-refractivity contribution in [1.29, 1.82) is 0 Å². The number of halogens is 2. The molecule has 26 heavy (non-hydrogen) atoms. The summed E-state index contributed by atoms with van der Waals surface area (Å²) >= 11 is 0. The highest BCUT2D eigenvalue weighted by molar-refractivity contribution is 5.82.